The Balaban J connectivity index is 2.27. The molecule has 4 heteroatoms. The SMILES string of the molecule is Cc1ccc(-c2nc3scc(C(C)(C)C)n3c2CN)cc1C. The van der Waals surface area contributed by atoms with Gasteiger partial charge in [0.15, 0.2) is 4.96 Å². The second-order valence-electron chi connectivity index (χ2n) is 6.90. The molecule has 0 aliphatic heterocycles. The topological polar surface area (TPSA) is 43.3 Å². The number of hydrogen-bond donors (Lipinski definition) is 1. The monoisotopic (exact) mass is 313 g/mol. The van der Waals surface area contributed by atoms with E-state index in [1.165, 1.54) is 16.8 Å². The number of thiazole rings is 1. The van der Waals surface area contributed by atoms with Gasteiger partial charge < -0.3 is 5.73 Å². The second-order valence-corrected chi connectivity index (χ2v) is 7.74. The van der Waals surface area contributed by atoms with Gasteiger partial charge in [0.1, 0.15) is 0 Å². The molecule has 2 N–H and O–H groups in total. The van der Waals surface area contributed by atoms with Gasteiger partial charge >= 0.3 is 0 Å². The van der Waals surface area contributed by atoms with E-state index in [4.69, 9.17) is 10.7 Å². The highest BCUT2D eigenvalue weighted by Gasteiger charge is 2.23. The summed E-state index contributed by atoms with van der Waals surface area (Å²) < 4.78 is 2.25. The molecule has 3 rings (SSSR count). The largest absolute Gasteiger partial charge is 0.325 e. The van der Waals surface area contributed by atoms with Crippen LogP contribution in [0.15, 0.2) is 23.6 Å². The molecule has 22 heavy (non-hydrogen) atoms. The first kappa shape index (κ1) is 15.3. The number of rotatable bonds is 2. The fourth-order valence-electron chi connectivity index (χ4n) is 2.74. The van der Waals surface area contributed by atoms with E-state index >= 15 is 0 Å². The molecule has 2 heterocycles. The molecule has 0 radical (unpaired) electrons. The van der Waals surface area contributed by atoms with E-state index in [2.05, 4.69) is 62.6 Å². The molecule has 3 aromatic rings. The Morgan fingerprint density at radius 3 is 2.50 bits per heavy atom. The van der Waals surface area contributed by atoms with Gasteiger partial charge in [-0.25, -0.2) is 4.98 Å². The van der Waals surface area contributed by atoms with Crippen LogP contribution in [0.4, 0.5) is 0 Å². The lowest BCUT2D eigenvalue weighted by Gasteiger charge is -2.18. The number of aromatic nitrogens is 2. The zero-order chi connectivity index (χ0) is 16.1. The minimum atomic E-state index is 0.0728. The smallest absolute Gasteiger partial charge is 0.194 e. The minimum absolute atomic E-state index is 0.0728. The predicted molar refractivity (Wildman–Crippen MR) is 94.6 cm³/mol. The zero-order valence-corrected chi connectivity index (χ0v) is 14.7. The maximum atomic E-state index is 6.08. The molecule has 1 aromatic carbocycles. The molecule has 116 valence electrons. The lowest BCUT2D eigenvalue weighted by molar-refractivity contribution is 0.561. The van der Waals surface area contributed by atoms with Crippen molar-refractivity contribution in [2.24, 2.45) is 5.73 Å². The number of hydrogen-bond acceptors (Lipinski definition) is 3. The van der Waals surface area contributed by atoms with E-state index in [9.17, 15) is 0 Å². The van der Waals surface area contributed by atoms with Crippen LogP contribution in [0.2, 0.25) is 0 Å². The third-order valence-electron chi connectivity index (χ3n) is 4.20. The first-order valence-corrected chi connectivity index (χ1v) is 8.48. The third kappa shape index (κ3) is 2.36. The molecule has 0 saturated carbocycles. The standard InChI is InChI=1S/C18H23N3S/c1-11-6-7-13(8-12(11)2)16-14(9-19)21-15(18(3,4)5)10-22-17(21)20-16/h6-8,10H,9,19H2,1-5H3. The van der Waals surface area contributed by atoms with Crippen molar-refractivity contribution in [2.45, 2.75) is 46.6 Å². The Kier molecular flexibility index (Phi) is 3.62. The molecule has 0 unspecified atom stereocenters. The van der Waals surface area contributed by atoms with Gasteiger partial charge in [0.2, 0.25) is 0 Å². The number of benzene rings is 1. The van der Waals surface area contributed by atoms with Gasteiger partial charge in [-0.15, -0.1) is 11.3 Å². The predicted octanol–water partition coefficient (Wildman–Crippen LogP) is 4.44. The van der Waals surface area contributed by atoms with Crippen LogP contribution in [0.25, 0.3) is 16.2 Å². The van der Waals surface area contributed by atoms with Crippen molar-refractivity contribution in [1.82, 2.24) is 9.38 Å². The summed E-state index contributed by atoms with van der Waals surface area (Å²) in [4.78, 5) is 5.89. The second kappa shape index (κ2) is 5.21. The normalized spacial score (nSPS) is 12.3. The van der Waals surface area contributed by atoms with Crippen LogP contribution in [0, 0.1) is 13.8 Å². The average Bonchev–Trinajstić information content (AvgIpc) is 2.99. The van der Waals surface area contributed by atoms with Gasteiger partial charge in [-0.3, -0.25) is 4.40 Å². The van der Waals surface area contributed by atoms with E-state index < -0.39 is 0 Å². The van der Waals surface area contributed by atoms with Crippen molar-refractivity contribution >= 4 is 16.3 Å². The van der Waals surface area contributed by atoms with Crippen molar-refractivity contribution in [3.63, 3.8) is 0 Å². The number of imidazole rings is 1. The Morgan fingerprint density at radius 1 is 1.18 bits per heavy atom. The van der Waals surface area contributed by atoms with E-state index in [1.54, 1.807) is 11.3 Å². The lowest BCUT2D eigenvalue weighted by Crippen LogP contribution is -2.16. The van der Waals surface area contributed by atoms with Crippen LogP contribution in [0.5, 0.6) is 0 Å². The van der Waals surface area contributed by atoms with Crippen LogP contribution in [-0.2, 0) is 12.0 Å². The van der Waals surface area contributed by atoms with Gasteiger partial charge in [-0.2, -0.15) is 0 Å². The summed E-state index contributed by atoms with van der Waals surface area (Å²) in [6.45, 7) is 11.4. The molecule has 0 bridgehead atoms. The van der Waals surface area contributed by atoms with E-state index in [0.29, 0.717) is 6.54 Å². The molecule has 0 amide bonds. The van der Waals surface area contributed by atoms with Crippen molar-refractivity contribution in [1.29, 1.82) is 0 Å². The molecule has 3 nitrogen and oxygen atoms in total. The van der Waals surface area contributed by atoms with Crippen LogP contribution in [0.1, 0.15) is 43.3 Å². The van der Waals surface area contributed by atoms with Crippen LogP contribution < -0.4 is 5.73 Å². The fourth-order valence-corrected chi connectivity index (χ4v) is 3.87. The molecule has 0 fully saturated rings. The van der Waals surface area contributed by atoms with Crippen LogP contribution in [0.3, 0.4) is 0 Å². The van der Waals surface area contributed by atoms with Crippen LogP contribution in [-0.4, -0.2) is 9.38 Å². The number of nitrogens with zero attached hydrogens (tertiary/aromatic N) is 2. The van der Waals surface area contributed by atoms with Gasteiger partial charge in [-0.1, -0.05) is 32.9 Å². The molecule has 0 spiro atoms. The summed E-state index contributed by atoms with van der Waals surface area (Å²) in [5.74, 6) is 0. The van der Waals surface area contributed by atoms with Crippen molar-refractivity contribution in [3.8, 4) is 11.3 Å². The minimum Gasteiger partial charge on any atom is -0.325 e. The number of aryl methyl sites for hydroxylation is 2. The summed E-state index contributed by atoms with van der Waals surface area (Å²) in [7, 11) is 0. The van der Waals surface area contributed by atoms with Gasteiger partial charge in [0, 0.05) is 28.6 Å². The van der Waals surface area contributed by atoms with E-state index in [0.717, 1.165) is 21.9 Å². The first-order chi connectivity index (χ1) is 10.3. The highest BCUT2D eigenvalue weighted by molar-refractivity contribution is 7.15. The summed E-state index contributed by atoms with van der Waals surface area (Å²) in [5.41, 5.74) is 13.3. The maximum Gasteiger partial charge on any atom is 0.194 e. The fraction of sp³-hybridized carbons (Fsp3) is 0.389. The molecule has 0 atom stereocenters. The molecule has 0 aliphatic rings. The summed E-state index contributed by atoms with van der Waals surface area (Å²) >= 11 is 1.69. The molecule has 2 aromatic heterocycles. The van der Waals surface area contributed by atoms with Gasteiger partial charge in [-0.05, 0) is 31.0 Å². The van der Waals surface area contributed by atoms with Crippen LogP contribution >= 0.6 is 11.3 Å². The molecule has 0 saturated heterocycles. The Labute approximate surface area is 135 Å². The molecular formula is C18H23N3S. The maximum absolute atomic E-state index is 6.08. The van der Waals surface area contributed by atoms with Crippen molar-refractivity contribution < 1.29 is 0 Å². The Bertz CT molecular complexity index is 834. The van der Waals surface area contributed by atoms with Crippen molar-refractivity contribution in [2.75, 3.05) is 0 Å². The summed E-state index contributed by atoms with van der Waals surface area (Å²) in [6, 6.07) is 6.51. The average molecular weight is 313 g/mol. The highest BCUT2D eigenvalue weighted by atomic mass is 32.1. The third-order valence-corrected chi connectivity index (χ3v) is 5.03. The van der Waals surface area contributed by atoms with Gasteiger partial charge in [0.05, 0.1) is 11.4 Å². The summed E-state index contributed by atoms with van der Waals surface area (Å²) in [6.07, 6.45) is 0. The Morgan fingerprint density at radius 2 is 1.91 bits per heavy atom. The van der Waals surface area contributed by atoms with Gasteiger partial charge in [0.25, 0.3) is 0 Å². The molecular weight excluding hydrogens is 290 g/mol. The lowest BCUT2D eigenvalue weighted by atomic mass is 9.93. The summed E-state index contributed by atoms with van der Waals surface area (Å²) in [5, 5.41) is 2.20. The zero-order valence-electron chi connectivity index (χ0n) is 13.9. The highest BCUT2D eigenvalue weighted by Crippen LogP contribution is 2.33. The van der Waals surface area contributed by atoms with E-state index in [1.807, 2.05) is 0 Å². The van der Waals surface area contributed by atoms with E-state index in [-0.39, 0.29) is 5.41 Å². The first-order valence-electron chi connectivity index (χ1n) is 7.60. The number of fused-ring (bicyclic) bond motifs is 1. The number of nitrogens with two attached hydrogens (primary N) is 1. The quantitative estimate of drug-likeness (QED) is 0.760. The molecule has 0 aliphatic carbocycles. The van der Waals surface area contributed by atoms with Crippen molar-refractivity contribution in [3.05, 3.63) is 46.1 Å². The Hall–Kier alpha value is -1.65.